The summed E-state index contributed by atoms with van der Waals surface area (Å²) in [4.78, 5) is 12.4. The fraction of sp³-hybridized carbons (Fsp3) is 0.367. The van der Waals surface area contributed by atoms with Gasteiger partial charge in [-0.1, -0.05) is 36.4 Å². The number of rotatable bonds is 10. The number of amides is 2. The van der Waals surface area contributed by atoms with E-state index in [-0.39, 0.29) is 12.1 Å². The Hall–Kier alpha value is -3.59. The van der Waals surface area contributed by atoms with Crippen LogP contribution in [0.5, 0.6) is 11.5 Å². The summed E-state index contributed by atoms with van der Waals surface area (Å²) in [6.45, 7) is 7.07. The number of nitrogens with one attached hydrogen (secondary N) is 3. The summed E-state index contributed by atoms with van der Waals surface area (Å²) in [6.07, 6.45) is 0.0871. The van der Waals surface area contributed by atoms with Gasteiger partial charge < -0.3 is 35.3 Å². The van der Waals surface area contributed by atoms with Crippen LogP contribution in [0, 0.1) is 0 Å². The van der Waals surface area contributed by atoms with Crippen molar-refractivity contribution in [2.24, 2.45) is 0 Å². The molecule has 202 valence electrons. The molecule has 0 saturated carbocycles. The molecule has 0 saturated heterocycles. The molecule has 1 aliphatic rings. The number of benzene rings is 3. The lowest BCUT2D eigenvalue weighted by atomic mass is 10.0. The zero-order valence-corrected chi connectivity index (χ0v) is 22.4. The van der Waals surface area contributed by atoms with Gasteiger partial charge >= 0.3 is 6.03 Å². The van der Waals surface area contributed by atoms with Gasteiger partial charge in [-0.15, -0.1) is 0 Å². The van der Waals surface area contributed by atoms with Gasteiger partial charge in [-0.2, -0.15) is 0 Å². The van der Waals surface area contributed by atoms with Crippen LogP contribution in [0.3, 0.4) is 0 Å². The number of aliphatic hydroxyl groups is 1. The molecule has 1 aliphatic heterocycles. The van der Waals surface area contributed by atoms with E-state index >= 15 is 0 Å². The van der Waals surface area contributed by atoms with Gasteiger partial charge in [0.15, 0.2) is 0 Å². The van der Waals surface area contributed by atoms with Crippen molar-refractivity contribution >= 4 is 11.7 Å². The van der Waals surface area contributed by atoms with E-state index in [1.54, 1.807) is 7.11 Å². The molecule has 0 aliphatic carbocycles. The number of ether oxygens (including phenoxy) is 3. The highest BCUT2D eigenvalue weighted by Gasteiger charge is 2.27. The molecular weight excluding hydrogens is 482 g/mol. The van der Waals surface area contributed by atoms with Crippen molar-refractivity contribution in [3.8, 4) is 11.5 Å². The van der Waals surface area contributed by atoms with Crippen molar-refractivity contribution < 1.29 is 24.1 Å². The highest BCUT2D eigenvalue weighted by molar-refractivity contribution is 5.89. The summed E-state index contributed by atoms with van der Waals surface area (Å²) in [5, 5.41) is 19.9. The van der Waals surface area contributed by atoms with E-state index in [0.29, 0.717) is 25.4 Å². The molecule has 0 aromatic heterocycles. The van der Waals surface area contributed by atoms with E-state index in [1.807, 2.05) is 80.6 Å². The van der Waals surface area contributed by atoms with E-state index < -0.39 is 11.9 Å². The highest BCUT2D eigenvalue weighted by atomic mass is 16.7. The second-order valence-corrected chi connectivity index (χ2v) is 10.0. The van der Waals surface area contributed by atoms with Crippen LogP contribution in [-0.2, 0) is 24.3 Å². The van der Waals surface area contributed by atoms with Crippen LogP contribution in [0.1, 0.15) is 49.1 Å². The van der Waals surface area contributed by atoms with Gasteiger partial charge in [-0.3, -0.25) is 0 Å². The molecule has 0 radical (unpaired) electrons. The number of methoxy groups -OCH3 is 1. The van der Waals surface area contributed by atoms with Crippen LogP contribution < -0.4 is 25.4 Å². The molecule has 38 heavy (non-hydrogen) atoms. The minimum absolute atomic E-state index is 0.115. The van der Waals surface area contributed by atoms with Crippen LogP contribution in [0.2, 0.25) is 0 Å². The fourth-order valence-electron chi connectivity index (χ4n) is 4.40. The Morgan fingerprint density at radius 1 is 1.11 bits per heavy atom. The molecule has 2 atom stereocenters. The molecule has 0 bridgehead atoms. The zero-order valence-electron chi connectivity index (χ0n) is 22.4. The van der Waals surface area contributed by atoms with Gasteiger partial charge in [0.25, 0.3) is 0 Å². The van der Waals surface area contributed by atoms with Crippen molar-refractivity contribution in [1.29, 1.82) is 0 Å². The summed E-state index contributed by atoms with van der Waals surface area (Å²) < 4.78 is 16.9. The lowest BCUT2D eigenvalue weighted by Crippen LogP contribution is -2.35. The molecule has 3 aromatic carbocycles. The van der Waals surface area contributed by atoms with Gasteiger partial charge in [-0.25, -0.2) is 4.79 Å². The first-order valence-corrected chi connectivity index (χ1v) is 12.9. The van der Waals surface area contributed by atoms with Gasteiger partial charge in [0.05, 0.1) is 19.8 Å². The number of fused-ring (bicyclic) bond motifs is 1. The predicted molar refractivity (Wildman–Crippen MR) is 147 cm³/mol. The topological polar surface area (TPSA) is 101 Å². The maximum absolute atomic E-state index is 12.4. The number of para-hydroxylation sites is 1. The highest BCUT2D eigenvalue weighted by Crippen LogP contribution is 2.32. The Labute approximate surface area is 224 Å². The monoisotopic (exact) mass is 519 g/mol. The molecular formula is C30H37N3O5. The number of hydrogen-bond donors (Lipinski definition) is 4. The van der Waals surface area contributed by atoms with Crippen molar-refractivity contribution in [2.45, 2.75) is 58.3 Å². The Morgan fingerprint density at radius 2 is 1.92 bits per heavy atom. The third-order valence-electron chi connectivity index (χ3n) is 6.42. The Kier molecular flexibility index (Phi) is 8.89. The molecule has 2 amide bonds. The SMILES string of the molecule is COc1ccccc1CNC(=O)Nc1cccc(C[C@H](C)NC[C@@H](O)c2ccc3c(c2)COC(C)(C)O3)c1. The van der Waals surface area contributed by atoms with Crippen molar-refractivity contribution in [1.82, 2.24) is 10.6 Å². The normalized spacial score (nSPS) is 15.5. The van der Waals surface area contributed by atoms with Crippen LogP contribution in [0.15, 0.2) is 66.7 Å². The van der Waals surface area contributed by atoms with E-state index in [2.05, 4.69) is 22.9 Å². The third kappa shape index (κ3) is 7.47. The molecule has 0 fully saturated rings. The Balaban J connectivity index is 1.25. The molecule has 4 rings (SSSR count). The summed E-state index contributed by atoms with van der Waals surface area (Å²) in [7, 11) is 1.61. The largest absolute Gasteiger partial charge is 0.496 e. The first-order chi connectivity index (χ1) is 18.2. The Morgan fingerprint density at radius 3 is 2.74 bits per heavy atom. The summed E-state index contributed by atoms with van der Waals surface area (Å²) >= 11 is 0. The molecule has 0 spiro atoms. The van der Waals surface area contributed by atoms with Crippen LogP contribution >= 0.6 is 0 Å². The number of carbonyl (C=O) groups is 1. The van der Waals surface area contributed by atoms with Gasteiger partial charge in [0, 0.05) is 49.8 Å². The van der Waals surface area contributed by atoms with Gasteiger partial charge in [0.1, 0.15) is 11.5 Å². The van der Waals surface area contributed by atoms with Crippen LogP contribution in [-0.4, -0.2) is 36.6 Å². The minimum Gasteiger partial charge on any atom is -0.496 e. The first-order valence-electron chi connectivity index (χ1n) is 12.9. The van der Waals surface area contributed by atoms with Gasteiger partial charge in [-0.05, 0) is 54.8 Å². The second-order valence-electron chi connectivity index (χ2n) is 10.0. The maximum Gasteiger partial charge on any atom is 0.319 e. The molecule has 4 N–H and O–H groups in total. The second kappa shape index (κ2) is 12.3. The number of urea groups is 1. The predicted octanol–water partition coefficient (Wildman–Crippen LogP) is 4.92. The molecule has 0 unspecified atom stereocenters. The first kappa shape index (κ1) is 27.4. The number of hydrogen-bond acceptors (Lipinski definition) is 6. The summed E-state index contributed by atoms with van der Waals surface area (Å²) in [6, 6.07) is 20.9. The van der Waals surface area contributed by atoms with E-state index in [1.165, 1.54) is 0 Å². The summed E-state index contributed by atoms with van der Waals surface area (Å²) in [5.41, 5.74) is 4.45. The maximum atomic E-state index is 12.4. The minimum atomic E-state index is -0.655. The molecule has 1 heterocycles. The van der Waals surface area contributed by atoms with E-state index in [9.17, 15) is 9.90 Å². The third-order valence-corrected chi connectivity index (χ3v) is 6.42. The van der Waals surface area contributed by atoms with Crippen LogP contribution in [0.25, 0.3) is 0 Å². The number of anilines is 1. The van der Waals surface area contributed by atoms with E-state index in [4.69, 9.17) is 14.2 Å². The smallest absolute Gasteiger partial charge is 0.319 e. The molecule has 3 aromatic rings. The average molecular weight is 520 g/mol. The molecule has 8 heteroatoms. The lowest BCUT2D eigenvalue weighted by Gasteiger charge is -2.33. The zero-order chi connectivity index (χ0) is 27.1. The van der Waals surface area contributed by atoms with Crippen LogP contribution in [0.4, 0.5) is 10.5 Å². The quantitative estimate of drug-likeness (QED) is 0.304. The number of carbonyl (C=O) groups excluding carboxylic acids is 1. The summed E-state index contributed by atoms with van der Waals surface area (Å²) in [5.74, 6) is 0.887. The number of aliphatic hydroxyl groups excluding tert-OH is 1. The lowest BCUT2D eigenvalue weighted by molar-refractivity contribution is -0.180. The van der Waals surface area contributed by atoms with Crippen molar-refractivity contribution in [2.75, 3.05) is 19.0 Å². The van der Waals surface area contributed by atoms with Gasteiger partial charge in [0.2, 0.25) is 5.79 Å². The van der Waals surface area contributed by atoms with E-state index in [0.717, 1.165) is 40.2 Å². The fourth-order valence-corrected chi connectivity index (χ4v) is 4.40. The van der Waals surface area contributed by atoms with Crippen molar-refractivity contribution in [3.63, 3.8) is 0 Å². The standard InChI is InChI=1S/C30H37N3O5/c1-20(31-18-26(34)22-12-13-28-24(16-22)19-37-30(2,3)38-28)14-21-8-7-10-25(15-21)33-29(35)32-17-23-9-5-6-11-27(23)36-4/h5-13,15-16,20,26,31,34H,14,17-19H2,1-4H3,(H2,32,33,35)/t20-,26+/m0/s1. The molecule has 8 nitrogen and oxygen atoms in total. The average Bonchev–Trinajstić information content (AvgIpc) is 2.90. The van der Waals surface area contributed by atoms with Crippen molar-refractivity contribution in [3.05, 3.63) is 89.0 Å². The Bertz CT molecular complexity index is 1250.